The lowest BCUT2D eigenvalue weighted by molar-refractivity contribution is 0.890. The molecule has 0 bridgehead atoms. The van der Waals surface area contributed by atoms with Crippen LogP contribution in [0.25, 0.3) is 10.2 Å². The molecule has 2 rings (SSSR count). The summed E-state index contributed by atoms with van der Waals surface area (Å²) in [6.07, 6.45) is 0. The molecular formula is C13H15ClN2S2. The average molecular weight is 299 g/mol. The maximum Gasteiger partial charge on any atom is 0.190 e. The van der Waals surface area contributed by atoms with Crippen LogP contribution in [0, 0.1) is 0 Å². The second kappa shape index (κ2) is 5.59. The Hall–Kier alpha value is -0.580. The molecule has 5 heteroatoms. The predicted molar refractivity (Wildman–Crippen MR) is 82.1 cm³/mol. The van der Waals surface area contributed by atoms with Gasteiger partial charge < -0.3 is 0 Å². The standard InChI is InChI=1S/C13H15ClN2S2/c1-7(2)6-17-13-15-11(14)9-5-10(8(3)4)18-12(9)16-13/h5,8H,1,6H2,2-4H3. The van der Waals surface area contributed by atoms with E-state index in [1.165, 1.54) is 4.88 Å². The number of hydrogen-bond donors (Lipinski definition) is 0. The Labute approximate surface area is 120 Å². The Morgan fingerprint density at radius 2 is 2.22 bits per heavy atom. The van der Waals surface area contributed by atoms with Crippen LogP contribution in [0.1, 0.15) is 31.6 Å². The Bertz CT molecular complexity index is 590. The molecule has 2 heterocycles. The number of aromatic nitrogens is 2. The molecule has 2 aromatic heterocycles. The first-order chi connectivity index (χ1) is 8.47. The van der Waals surface area contributed by atoms with Crippen LogP contribution in [0.3, 0.4) is 0 Å². The van der Waals surface area contributed by atoms with Gasteiger partial charge in [0.15, 0.2) is 5.16 Å². The third kappa shape index (κ3) is 3.05. The summed E-state index contributed by atoms with van der Waals surface area (Å²) in [5, 5.41) is 2.24. The Kier molecular flexibility index (Phi) is 4.30. The first-order valence-corrected chi connectivity index (χ1v) is 7.89. The molecule has 96 valence electrons. The number of rotatable bonds is 4. The highest BCUT2D eigenvalue weighted by molar-refractivity contribution is 7.99. The summed E-state index contributed by atoms with van der Waals surface area (Å²) in [7, 11) is 0. The minimum atomic E-state index is 0.492. The topological polar surface area (TPSA) is 25.8 Å². The third-order valence-corrected chi connectivity index (χ3v) is 5.06. The van der Waals surface area contributed by atoms with E-state index >= 15 is 0 Å². The zero-order valence-corrected chi connectivity index (χ0v) is 13.0. The molecule has 0 atom stereocenters. The second-order valence-corrected chi connectivity index (χ2v) is 6.93. The van der Waals surface area contributed by atoms with Crippen molar-refractivity contribution in [2.45, 2.75) is 31.8 Å². The van der Waals surface area contributed by atoms with Crippen LogP contribution < -0.4 is 0 Å². The van der Waals surface area contributed by atoms with Crippen molar-refractivity contribution < 1.29 is 0 Å². The van der Waals surface area contributed by atoms with Crippen molar-refractivity contribution in [3.63, 3.8) is 0 Å². The van der Waals surface area contributed by atoms with E-state index in [0.29, 0.717) is 11.1 Å². The smallest absolute Gasteiger partial charge is 0.190 e. The maximum atomic E-state index is 6.22. The lowest BCUT2D eigenvalue weighted by atomic mass is 10.2. The van der Waals surface area contributed by atoms with Gasteiger partial charge in [-0.15, -0.1) is 11.3 Å². The molecule has 0 saturated heterocycles. The van der Waals surface area contributed by atoms with Crippen LogP contribution in [-0.2, 0) is 0 Å². The molecule has 0 spiro atoms. The summed E-state index contributed by atoms with van der Waals surface area (Å²) >= 11 is 9.49. The number of hydrogen-bond acceptors (Lipinski definition) is 4. The van der Waals surface area contributed by atoms with E-state index in [2.05, 4.69) is 36.5 Å². The largest absolute Gasteiger partial charge is 0.211 e. The molecule has 0 amide bonds. The average Bonchev–Trinajstić information content (AvgIpc) is 2.71. The molecule has 0 unspecified atom stereocenters. The van der Waals surface area contributed by atoms with Crippen molar-refractivity contribution >= 4 is 44.9 Å². The van der Waals surface area contributed by atoms with Crippen molar-refractivity contribution in [2.75, 3.05) is 5.75 Å². The normalized spacial score (nSPS) is 11.4. The highest BCUT2D eigenvalue weighted by atomic mass is 35.5. The third-order valence-electron chi connectivity index (χ3n) is 2.36. The summed E-state index contributed by atoms with van der Waals surface area (Å²) in [4.78, 5) is 11.2. The fraction of sp³-hybridized carbons (Fsp3) is 0.385. The minimum absolute atomic E-state index is 0.492. The zero-order valence-electron chi connectivity index (χ0n) is 10.7. The Morgan fingerprint density at radius 1 is 1.50 bits per heavy atom. The second-order valence-electron chi connectivity index (χ2n) is 4.57. The lowest BCUT2D eigenvalue weighted by Crippen LogP contribution is -1.89. The molecule has 0 N–H and O–H groups in total. The van der Waals surface area contributed by atoms with Crippen LogP contribution in [0.15, 0.2) is 23.4 Å². The molecule has 2 aromatic rings. The summed E-state index contributed by atoms with van der Waals surface area (Å²) in [6, 6.07) is 2.10. The van der Waals surface area contributed by atoms with E-state index in [1.54, 1.807) is 23.1 Å². The van der Waals surface area contributed by atoms with Gasteiger partial charge in [-0.1, -0.05) is 49.4 Å². The first-order valence-electron chi connectivity index (χ1n) is 5.71. The van der Waals surface area contributed by atoms with Crippen molar-refractivity contribution in [1.82, 2.24) is 9.97 Å². The van der Waals surface area contributed by atoms with Gasteiger partial charge in [0.05, 0.1) is 0 Å². The van der Waals surface area contributed by atoms with Crippen LogP contribution in [-0.4, -0.2) is 15.7 Å². The van der Waals surface area contributed by atoms with Gasteiger partial charge in [0, 0.05) is 16.0 Å². The Balaban J connectivity index is 2.38. The fourth-order valence-electron chi connectivity index (χ4n) is 1.42. The molecule has 0 radical (unpaired) electrons. The summed E-state index contributed by atoms with van der Waals surface area (Å²) in [5.74, 6) is 1.32. The molecule has 18 heavy (non-hydrogen) atoms. The van der Waals surface area contributed by atoms with E-state index in [4.69, 9.17) is 11.6 Å². The molecule has 0 aliphatic carbocycles. The summed E-state index contributed by atoms with van der Waals surface area (Å²) in [6.45, 7) is 10.2. The van der Waals surface area contributed by atoms with Crippen LogP contribution in [0.5, 0.6) is 0 Å². The van der Waals surface area contributed by atoms with Gasteiger partial charge in [-0.05, 0) is 18.9 Å². The van der Waals surface area contributed by atoms with Gasteiger partial charge in [0.2, 0.25) is 0 Å². The molecule has 2 nitrogen and oxygen atoms in total. The van der Waals surface area contributed by atoms with Gasteiger partial charge in [-0.3, -0.25) is 0 Å². The Morgan fingerprint density at radius 3 is 2.83 bits per heavy atom. The van der Waals surface area contributed by atoms with Gasteiger partial charge in [0.25, 0.3) is 0 Å². The van der Waals surface area contributed by atoms with Gasteiger partial charge in [-0.2, -0.15) is 0 Å². The molecule has 0 saturated carbocycles. The lowest BCUT2D eigenvalue weighted by Gasteiger charge is -2.00. The first kappa shape index (κ1) is 13.8. The van der Waals surface area contributed by atoms with Crippen molar-refractivity contribution in [2.24, 2.45) is 0 Å². The van der Waals surface area contributed by atoms with Gasteiger partial charge in [0.1, 0.15) is 9.98 Å². The zero-order chi connectivity index (χ0) is 13.3. The van der Waals surface area contributed by atoms with Crippen molar-refractivity contribution in [1.29, 1.82) is 0 Å². The van der Waals surface area contributed by atoms with E-state index < -0.39 is 0 Å². The van der Waals surface area contributed by atoms with Gasteiger partial charge in [-0.25, -0.2) is 9.97 Å². The SMILES string of the molecule is C=C(C)CSc1nc(Cl)c2cc(C(C)C)sc2n1. The van der Waals surface area contributed by atoms with Crippen molar-refractivity contribution in [3.05, 3.63) is 28.2 Å². The number of thiophene rings is 1. The summed E-state index contributed by atoms with van der Waals surface area (Å²) in [5.41, 5.74) is 1.11. The monoisotopic (exact) mass is 298 g/mol. The molecule has 0 aliphatic heterocycles. The van der Waals surface area contributed by atoms with Crippen LogP contribution in [0.2, 0.25) is 5.15 Å². The van der Waals surface area contributed by atoms with Crippen LogP contribution >= 0.6 is 34.7 Å². The number of thioether (sulfide) groups is 1. The molecular weight excluding hydrogens is 284 g/mol. The van der Waals surface area contributed by atoms with E-state index in [0.717, 1.165) is 26.7 Å². The quantitative estimate of drug-likeness (QED) is 0.338. The fourth-order valence-corrected chi connectivity index (χ4v) is 3.53. The molecule has 0 aromatic carbocycles. The van der Waals surface area contributed by atoms with E-state index in [-0.39, 0.29) is 0 Å². The molecule has 0 fully saturated rings. The van der Waals surface area contributed by atoms with Crippen molar-refractivity contribution in [3.8, 4) is 0 Å². The minimum Gasteiger partial charge on any atom is -0.211 e. The highest BCUT2D eigenvalue weighted by Crippen LogP contribution is 2.34. The molecule has 0 aliphatic rings. The maximum absolute atomic E-state index is 6.22. The number of halogens is 1. The van der Waals surface area contributed by atoms with Gasteiger partial charge >= 0.3 is 0 Å². The number of fused-ring (bicyclic) bond motifs is 1. The highest BCUT2D eigenvalue weighted by Gasteiger charge is 2.12. The summed E-state index contributed by atoms with van der Waals surface area (Å²) < 4.78 is 0. The van der Waals surface area contributed by atoms with E-state index in [1.807, 2.05) is 6.92 Å². The van der Waals surface area contributed by atoms with E-state index in [9.17, 15) is 0 Å². The number of nitrogens with zero attached hydrogens (tertiary/aromatic N) is 2. The van der Waals surface area contributed by atoms with Crippen LogP contribution in [0.4, 0.5) is 0 Å². The predicted octanol–water partition coefficient (Wildman–Crippen LogP) is 5.14.